The first-order valence-corrected chi connectivity index (χ1v) is 9.44. The molecule has 1 aromatic carbocycles. The van der Waals surface area contributed by atoms with E-state index in [-0.39, 0.29) is 17.1 Å². The monoisotopic (exact) mass is 408 g/mol. The molecule has 6 N–H and O–H groups in total. The number of nitrogens with zero attached hydrogens (tertiary/aromatic N) is 4. The quantitative estimate of drug-likeness (QED) is 0.477. The molecule has 0 bridgehead atoms. The summed E-state index contributed by atoms with van der Waals surface area (Å²) in [5, 5.41) is 14.8. The van der Waals surface area contributed by atoms with E-state index in [0.717, 1.165) is 5.01 Å². The fourth-order valence-corrected chi connectivity index (χ4v) is 2.98. The van der Waals surface area contributed by atoms with Crippen molar-refractivity contribution in [2.75, 3.05) is 22.1 Å². The van der Waals surface area contributed by atoms with E-state index in [1.807, 2.05) is 20.8 Å². The van der Waals surface area contributed by atoms with Crippen LogP contribution in [0.5, 0.6) is 0 Å². The second-order valence-corrected chi connectivity index (χ2v) is 8.07. The molecule has 0 aliphatic heterocycles. The molecule has 10 heteroatoms. The first-order valence-electron chi connectivity index (χ1n) is 8.62. The van der Waals surface area contributed by atoms with E-state index >= 15 is 0 Å². The van der Waals surface area contributed by atoms with E-state index in [4.69, 9.17) is 11.5 Å². The summed E-state index contributed by atoms with van der Waals surface area (Å²) in [6, 6.07) is 6.63. The van der Waals surface area contributed by atoms with Crippen LogP contribution in [0.15, 0.2) is 30.6 Å². The molecule has 3 aromatic rings. The molecule has 0 aliphatic rings. The number of hydrogen-bond acceptors (Lipinski definition) is 8. The molecule has 2 aromatic heterocycles. The number of rotatable bonds is 2. The molecule has 0 fully saturated rings. The second-order valence-electron chi connectivity index (χ2n) is 7.09. The highest BCUT2D eigenvalue weighted by Gasteiger charge is 2.20. The standard InChI is InChI=1S/C19H20N8OS/c1-19(2,3)16-26-27-18(29-16)25-17(28)24-12-6-4-5-11(9-12)7-8-13-14(20)22-10-23-15(13)21/h4-6,9-10H,1-3H3,(H4,20,21,22,23)(H2,24,25,27,28). The van der Waals surface area contributed by atoms with Gasteiger partial charge in [0.25, 0.3) is 0 Å². The first-order chi connectivity index (χ1) is 13.7. The van der Waals surface area contributed by atoms with Gasteiger partial charge < -0.3 is 16.8 Å². The summed E-state index contributed by atoms with van der Waals surface area (Å²) in [7, 11) is 0. The van der Waals surface area contributed by atoms with Crippen molar-refractivity contribution in [3.63, 3.8) is 0 Å². The van der Waals surface area contributed by atoms with Gasteiger partial charge in [-0.25, -0.2) is 14.8 Å². The Morgan fingerprint density at radius 2 is 1.79 bits per heavy atom. The molecule has 9 nitrogen and oxygen atoms in total. The molecule has 0 saturated heterocycles. The molecule has 0 aliphatic carbocycles. The molecule has 148 valence electrons. The zero-order chi connectivity index (χ0) is 21.0. The average molecular weight is 408 g/mol. The van der Waals surface area contributed by atoms with Gasteiger partial charge in [0.2, 0.25) is 5.13 Å². The number of benzene rings is 1. The zero-order valence-electron chi connectivity index (χ0n) is 16.1. The summed E-state index contributed by atoms with van der Waals surface area (Å²) in [6.07, 6.45) is 1.28. The van der Waals surface area contributed by atoms with E-state index in [0.29, 0.717) is 21.9 Å². The predicted octanol–water partition coefficient (Wildman–Crippen LogP) is 2.83. The van der Waals surface area contributed by atoms with Crippen LogP contribution in [0.3, 0.4) is 0 Å². The van der Waals surface area contributed by atoms with Gasteiger partial charge in [0.1, 0.15) is 28.5 Å². The van der Waals surface area contributed by atoms with Crippen LogP contribution in [0.2, 0.25) is 0 Å². The summed E-state index contributed by atoms with van der Waals surface area (Å²) >= 11 is 1.34. The molecular formula is C19H20N8OS. The maximum Gasteiger partial charge on any atom is 0.325 e. The minimum absolute atomic E-state index is 0.127. The largest absolute Gasteiger partial charge is 0.382 e. The molecule has 29 heavy (non-hydrogen) atoms. The number of nitrogens with two attached hydrogens (primary N) is 2. The smallest absolute Gasteiger partial charge is 0.325 e. The highest BCUT2D eigenvalue weighted by Crippen LogP contribution is 2.27. The maximum atomic E-state index is 12.3. The van der Waals surface area contributed by atoms with Gasteiger partial charge in [-0.15, -0.1) is 10.2 Å². The minimum Gasteiger partial charge on any atom is -0.382 e. The van der Waals surface area contributed by atoms with Gasteiger partial charge in [-0.1, -0.05) is 50.0 Å². The van der Waals surface area contributed by atoms with Gasteiger partial charge in [0, 0.05) is 16.7 Å². The molecule has 2 amide bonds. The Balaban J connectivity index is 1.70. The van der Waals surface area contributed by atoms with Crippen molar-refractivity contribution in [1.29, 1.82) is 0 Å². The lowest BCUT2D eigenvalue weighted by atomic mass is 9.98. The number of anilines is 4. The molecule has 0 spiro atoms. The van der Waals surface area contributed by atoms with Crippen LogP contribution in [0.1, 0.15) is 36.9 Å². The molecular weight excluding hydrogens is 388 g/mol. The van der Waals surface area contributed by atoms with Crippen molar-refractivity contribution in [2.45, 2.75) is 26.2 Å². The minimum atomic E-state index is -0.420. The van der Waals surface area contributed by atoms with E-state index in [1.54, 1.807) is 24.3 Å². The van der Waals surface area contributed by atoms with Crippen LogP contribution in [0.4, 0.5) is 27.2 Å². The number of carbonyl (C=O) groups excluding carboxylic acids is 1. The Labute approximate surface area is 172 Å². The normalized spacial score (nSPS) is 10.7. The van der Waals surface area contributed by atoms with Crippen LogP contribution in [-0.2, 0) is 5.41 Å². The number of aromatic nitrogens is 4. The van der Waals surface area contributed by atoms with Gasteiger partial charge in [0.05, 0.1) is 0 Å². The topological polar surface area (TPSA) is 145 Å². The Bertz CT molecular complexity index is 1090. The summed E-state index contributed by atoms with van der Waals surface area (Å²) < 4.78 is 0. The Kier molecular flexibility index (Phi) is 5.61. The van der Waals surface area contributed by atoms with Gasteiger partial charge in [0.15, 0.2) is 0 Å². The first kappa shape index (κ1) is 20.0. The van der Waals surface area contributed by atoms with Gasteiger partial charge in [-0.2, -0.15) is 0 Å². The summed E-state index contributed by atoms with van der Waals surface area (Å²) in [5.41, 5.74) is 13.0. The van der Waals surface area contributed by atoms with Crippen molar-refractivity contribution in [1.82, 2.24) is 20.2 Å². The SMILES string of the molecule is CC(C)(C)c1nnc(NC(=O)Nc2cccc(C#Cc3c(N)ncnc3N)c2)s1. The Morgan fingerprint density at radius 3 is 2.45 bits per heavy atom. The van der Waals surface area contributed by atoms with Crippen LogP contribution < -0.4 is 22.1 Å². The maximum absolute atomic E-state index is 12.3. The number of nitrogen functional groups attached to an aromatic ring is 2. The predicted molar refractivity (Wildman–Crippen MR) is 115 cm³/mol. The molecule has 0 radical (unpaired) electrons. The van der Waals surface area contributed by atoms with E-state index in [9.17, 15) is 4.79 Å². The van der Waals surface area contributed by atoms with Crippen molar-refractivity contribution in [3.8, 4) is 11.8 Å². The van der Waals surface area contributed by atoms with Crippen molar-refractivity contribution in [2.24, 2.45) is 0 Å². The number of nitrogens with one attached hydrogen (secondary N) is 2. The van der Waals surface area contributed by atoms with Crippen molar-refractivity contribution >= 4 is 39.8 Å². The van der Waals surface area contributed by atoms with Crippen molar-refractivity contribution < 1.29 is 4.79 Å². The Morgan fingerprint density at radius 1 is 1.07 bits per heavy atom. The highest BCUT2D eigenvalue weighted by molar-refractivity contribution is 7.15. The number of urea groups is 1. The molecule has 2 heterocycles. The second kappa shape index (κ2) is 8.12. The number of hydrogen-bond donors (Lipinski definition) is 4. The van der Waals surface area contributed by atoms with Crippen LogP contribution >= 0.6 is 11.3 Å². The van der Waals surface area contributed by atoms with Crippen LogP contribution in [-0.4, -0.2) is 26.2 Å². The third-order valence-electron chi connectivity index (χ3n) is 3.65. The lowest BCUT2D eigenvalue weighted by molar-refractivity contribution is 0.262. The van der Waals surface area contributed by atoms with E-state index in [2.05, 4.69) is 42.6 Å². The summed E-state index contributed by atoms with van der Waals surface area (Å²) in [6.45, 7) is 6.10. The van der Waals surface area contributed by atoms with Gasteiger partial charge in [-0.3, -0.25) is 5.32 Å². The molecule has 0 atom stereocenters. The van der Waals surface area contributed by atoms with Gasteiger partial charge >= 0.3 is 6.03 Å². The number of amides is 2. The molecule has 0 unspecified atom stereocenters. The summed E-state index contributed by atoms with van der Waals surface area (Å²) in [5.74, 6) is 6.24. The number of carbonyl (C=O) groups is 1. The lowest BCUT2D eigenvalue weighted by Gasteiger charge is -2.12. The summed E-state index contributed by atoms with van der Waals surface area (Å²) in [4.78, 5) is 20.0. The third kappa shape index (κ3) is 5.18. The van der Waals surface area contributed by atoms with Crippen LogP contribution in [0.25, 0.3) is 0 Å². The van der Waals surface area contributed by atoms with E-state index in [1.165, 1.54) is 17.7 Å². The lowest BCUT2D eigenvalue weighted by Crippen LogP contribution is -2.19. The van der Waals surface area contributed by atoms with E-state index < -0.39 is 6.03 Å². The van der Waals surface area contributed by atoms with Gasteiger partial charge in [-0.05, 0) is 18.2 Å². The zero-order valence-corrected chi connectivity index (χ0v) is 17.0. The fourth-order valence-electron chi connectivity index (χ4n) is 2.19. The van der Waals surface area contributed by atoms with Crippen molar-refractivity contribution in [3.05, 3.63) is 46.7 Å². The highest BCUT2D eigenvalue weighted by atomic mass is 32.1. The fraction of sp³-hybridized carbons (Fsp3) is 0.211. The Hall–Kier alpha value is -3.71. The molecule has 0 saturated carbocycles. The molecule has 3 rings (SSSR count). The van der Waals surface area contributed by atoms with Crippen LogP contribution in [0, 0.1) is 11.8 Å². The third-order valence-corrected chi connectivity index (χ3v) is 4.91. The average Bonchev–Trinajstić information content (AvgIpc) is 3.10.